The molecule has 2 unspecified atom stereocenters. The molecule has 10 nitrogen and oxygen atoms in total. The van der Waals surface area contributed by atoms with E-state index in [0.717, 1.165) is 24.0 Å². The number of nitrogens with zero attached hydrogens (tertiary/aromatic N) is 2. The number of methoxy groups -OCH3 is 1. The van der Waals surface area contributed by atoms with Crippen LogP contribution in [0.5, 0.6) is 11.5 Å². The van der Waals surface area contributed by atoms with Crippen LogP contribution in [0.1, 0.15) is 48.4 Å². The summed E-state index contributed by atoms with van der Waals surface area (Å²) < 4.78 is 16.8. The van der Waals surface area contributed by atoms with Crippen LogP contribution in [0.4, 0.5) is 0 Å². The Morgan fingerprint density at radius 3 is 2.63 bits per heavy atom. The van der Waals surface area contributed by atoms with Crippen molar-refractivity contribution in [2.24, 2.45) is 0 Å². The van der Waals surface area contributed by atoms with E-state index in [4.69, 9.17) is 14.0 Å². The fraction of sp³-hybridized carbons (Fsp3) is 0.357. The van der Waals surface area contributed by atoms with Gasteiger partial charge in [0.05, 0.1) is 19.6 Å². The highest BCUT2D eigenvalue weighted by Gasteiger charge is 2.33. The third-order valence-electron chi connectivity index (χ3n) is 6.39. The molecule has 1 aliphatic rings. The second-order valence-electron chi connectivity index (χ2n) is 9.19. The Balaban J connectivity index is 1.40. The summed E-state index contributed by atoms with van der Waals surface area (Å²) in [5.41, 5.74) is 2.41. The molecular weight excluding hydrogens is 490 g/mol. The van der Waals surface area contributed by atoms with Gasteiger partial charge in [0, 0.05) is 26.0 Å². The molecule has 0 saturated carbocycles. The predicted octanol–water partition coefficient (Wildman–Crippen LogP) is 3.30. The number of carbonyl (C=O) groups is 3. The van der Waals surface area contributed by atoms with E-state index in [1.165, 1.54) is 6.92 Å². The topological polar surface area (TPSA) is 131 Å². The molecule has 0 aliphatic carbocycles. The largest absolute Gasteiger partial charge is 0.493 e. The first-order chi connectivity index (χ1) is 18.3. The molecule has 3 aromatic rings. The van der Waals surface area contributed by atoms with Gasteiger partial charge in [0.15, 0.2) is 11.5 Å². The van der Waals surface area contributed by atoms with E-state index in [0.29, 0.717) is 36.1 Å². The highest BCUT2D eigenvalue weighted by Crippen LogP contribution is 2.33. The van der Waals surface area contributed by atoms with Crippen molar-refractivity contribution in [1.82, 2.24) is 15.4 Å². The number of nitrogens with one attached hydrogen (secondary N) is 1. The summed E-state index contributed by atoms with van der Waals surface area (Å²) in [6.45, 7) is 2.25. The number of amides is 2. The average Bonchev–Trinajstić information content (AvgIpc) is 3.57. The average molecular weight is 522 g/mol. The van der Waals surface area contributed by atoms with Crippen LogP contribution in [-0.2, 0) is 33.8 Å². The van der Waals surface area contributed by atoms with Crippen molar-refractivity contribution in [2.75, 3.05) is 13.7 Å². The van der Waals surface area contributed by atoms with Gasteiger partial charge in [-0.05, 0) is 36.1 Å². The number of carboxylic acids is 1. The molecule has 4 rings (SSSR count). The van der Waals surface area contributed by atoms with Crippen molar-refractivity contribution in [2.45, 2.75) is 51.3 Å². The Bertz CT molecular complexity index is 1270. The molecule has 2 aromatic carbocycles. The highest BCUT2D eigenvalue weighted by molar-refractivity contribution is 5.82. The zero-order valence-corrected chi connectivity index (χ0v) is 21.4. The van der Waals surface area contributed by atoms with Gasteiger partial charge in [0.2, 0.25) is 11.8 Å². The summed E-state index contributed by atoms with van der Waals surface area (Å²) in [5, 5.41) is 15.8. The number of benzene rings is 2. The molecule has 2 atom stereocenters. The number of carboxylic acid groups (broad SMARTS) is 1. The molecule has 0 radical (unpaired) electrons. The van der Waals surface area contributed by atoms with E-state index in [1.54, 1.807) is 18.1 Å². The normalized spacial score (nSPS) is 15.6. The van der Waals surface area contributed by atoms with Gasteiger partial charge in [-0.2, -0.15) is 0 Å². The SMILES string of the molecule is COc1cc(CC(=O)N2CCCC2c2cc(CC(NC(C)=O)C(=O)O)on2)ccc1OCc1ccccc1. The minimum atomic E-state index is -1.16. The van der Waals surface area contributed by atoms with Crippen LogP contribution in [0.15, 0.2) is 59.1 Å². The lowest BCUT2D eigenvalue weighted by atomic mass is 10.1. The molecule has 0 spiro atoms. The lowest BCUT2D eigenvalue weighted by Gasteiger charge is -2.23. The van der Waals surface area contributed by atoms with Crippen molar-refractivity contribution < 1.29 is 33.5 Å². The number of hydrogen-bond donors (Lipinski definition) is 2. The van der Waals surface area contributed by atoms with E-state index < -0.39 is 17.9 Å². The number of ether oxygens (including phenoxy) is 2. The predicted molar refractivity (Wildman–Crippen MR) is 137 cm³/mol. The van der Waals surface area contributed by atoms with Crippen molar-refractivity contribution >= 4 is 17.8 Å². The maximum Gasteiger partial charge on any atom is 0.326 e. The van der Waals surface area contributed by atoms with E-state index in [-0.39, 0.29) is 24.8 Å². The van der Waals surface area contributed by atoms with Gasteiger partial charge in [0.1, 0.15) is 24.1 Å². The van der Waals surface area contributed by atoms with E-state index in [2.05, 4.69) is 10.5 Å². The molecule has 1 fully saturated rings. The van der Waals surface area contributed by atoms with Crippen LogP contribution in [0, 0.1) is 0 Å². The Kier molecular flexibility index (Phi) is 8.62. The maximum absolute atomic E-state index is 13.3. The van der Waals surface area contributed by atoms with Crippen molar-refractivity contribution in [3.63, 3.8) is 0 Å². The molecule has 2 heterocycles. The molecule has 1 saturated heterocycles. The molecule has 2 amide bonds. The van der Waals surface area contributed by atoms with Crippen LogP contribution in [0.3, 0.4) is 0 Å². The van der Waals surface area contributed by atoms with Crippen LogP contribution in [0.25, 0.3) is 0 Å². The number of aliphatic carboxylic acids is 1. The minimum absolute atomic E-state index is 0.0406. The zero-order valence-electron chi connectivity index (χ0n) is 21.4. The standard InChI is InChI=1S/C28H31N3O7/c1-18(32)29-23(28(34)35)16-21-15-22(30-38-21)24-9-6-12-31(24)27(33)14-20-10-11-25(26(13-20)36-2)37-17-19-7-4-3-5-8-19/h3-5,7-8,10-11,13,15,23-24H,6,9,12,14,16-17H2,1-2H3,(H,29,32)(H,34,35). The summed E-state index contributed by atoms with van der Waals surface area (Å²) in [7, 11) is 1.57. The summed E-state index contributed by atoms with van der Waals surface area (Å²) in [6, 6.07) is 15.6. The summed E-state index contributed by atoms with van der Waals surface area (Å²) in [4.78, 5) is 37.8. The number of carbonyl (C=O) groups excluding carboxylic acids is 2. The number of rotatable bonds is 11. The van der Waals surface area contributed by atoms with Crippen LogP contribution in [-0.4, -0.2) is 52.6 Å². The number of likely N-dealkylation sites (tertiary alicyclic amines) is 1. The van der Waals surface area contributed by atoms with Crippen LogP contribution in [0.2, 0.25) is 0 Å². The summed E-state index contributed by atoms with van der Waals surface area (Å²) >= 11 is 0. The Morgan fingerprint density at radius 2 is 1.92 bits per heavy atom. The van der Waals surface area contributed by atoms with Crippen LogP contribution < -0.4 is 14.8 Å². The van der Waals surface area contributed by atoms with Crippen LogP contribution >= 0.6 is 0 Å². The number of aromatic nitrogens is 1. The molecule has 2 N–H and O–H groups in total. The Morgan fingerprint density at radius 1 is 1.13 bits per heavy atom. The molecule has 0 bridgehead atoms. The van der Waals surface area contributed by atoms with Gasteiger partial charge in [-0.15, -0.1) is 0 Å². The van der Waals surface area contributed by atoms with Crippen molar-refractivity contribution in [1.29, 1.82) is 0 Å². The molecule has 38 heavy (non-hydrogen) atoms. The van der Waals surface area contributed by atoms with Gasteiger partial charge >= 0.3 is 5.97 Å². The smallest absolute Gasteiger partial charge is 0.326 e. The van der Waals surface area contributed by atoms with Gasteiger partial charge < -0.3 is 29.3 Å². The van der Waals surface area contributed by atoms with E-state index >= 15 is 0 Å². The monoisotopic (exact) mass is 521 g/mol. The third kappa shape index (κ3) is 6.70. The Labute approximate surface area is 220 Å². The zero-order chi connectivity index (χ0) is 27.1. The van der Waals surface area contributed by atoms with Crippen molar-refractivity contribution in [3.8, 4) is 11.5 Å². The molecule has 10 heteroatoms. The van der Waals surface area contributed by atoms with Gasteiger partial charge in [0.25, 0.3) is 0 Å². The second kappa shape index (κ2) is 12.3. The number of hydrogen-bond acceptors (Lipinski definition) is 7. The Hall–Kier alpha value is -4.34. The molecule has 1 aliphatic heterocycles. The lowest BCUT2D eigenvalue weighted by molar-refractivity contribution is -0.141. The summed E-state index contributed by atoms with van der Waals surface area (Å²) in [6.07, 6.45) is 1.68. The fourth-order valence-corrected chi connectivity index (χ4v) is 4.55. The van der Waals surface area contributed by atoms with E-state index in [9.17, 15) is 19.5 Å². The van der Waals surface area contributed by atoms with Crippen molar-refractivity contribution in [3.05, 3.63) is 77.2 Å². The van der Waals surface area contributed by atoms with Gasteiger partial charge in [-0.1, -0.05) is 41.6 Å². The van der Waals surface area contributed by atoms with Gasteiger partial charge in [-0.25, -0.2) is 4.79 Å². The molecule has 1 aromatic heterocycles. The second-order valence-corrected chi connectivity index (χ2v) is 9.19. The molecule has 200 valence electrons. The van der Waals surface area contributed by atoms with Gasteiger partial charge in [-0.3, -0.25) is 9.59 Å². The first-order valence-corrected chi connectivity index (χ1v) is 12.4. The summed E-state index contributed by atoms with van der Waals surface area (Å²) in [5.74, 6) is -0.187. The van der Waals surface area contributed by atoms with E-state index in [1.807, 2.05) is 48.5 Å². The third-order valence-corrected chi connectivity index (χ3v) is 6.39. The fourth-order valence-electron chi connectivity index (χ4n) is 4.55. The minimum Gasteiger partial charge on any atom is -0.493 e. The lowest BCUT2D eigenvalue weighted by Crippen LogP contribution is -2.41. The first-order valence-electron chi connectivity index (χ1n) is 12.4. The maximum atomic E-state index is 13.3. The molecular formula is C28H31N3O7. The first kappa shape index (κ1) is 26.7. The quantitative estimate of drug-likeness (QED) is 0.393. The highest BCUT2D eigenvalue weighted by atomic mass is 16.5.